The summed E-state index contributed by atoms with van der Waals surface area (Å²) in [6.07, 6.45) is 5.01. The normalized spacial score (nSPS) is 13.7. The lowest BCUT2D eigenvalue weighted by Crippen LogP contribution is -2.30. The van der Waals surface area contributed by atoms with Crippen LogP contribution in [-0.2, 0) is 19.5 Å². The van der Waals surface area contributed by atoms with Crippen LogP contribution in [0.25, 0.3) is 10.9 Å². The lowest BCUT2D eigenvalue weighted by Gasteiger charge is -2.31. The molecule has 4 aromatic rings. The van der Waals surface area contributed by atoms with Gasteiger partial charge in [-0.3, -0.25) is 4.98 Å². The molecule has 0 aliphatic carbocycles. The molecule has 3 heterocycles. The molecule has 2 aromatic heterocycles. The maximum Gasteiger partial charge on any atom is 0.123 e. The maximum atomic E-state index is 13.4. The first-order valence-electron chi connectivity index (χ1n) is 10.1. The van der Waals surface area contributed by atoms with Gasteiger partial charge in [0.2, 0.25) is 0 Å². The number of aromatic nitrogens is 2. The van der Waals surface area contributed by atoms with Gasteiger partial charge in [0.1, 0.15) is 5.82 Å². The van der Waals surface area contributed by atoms with Crippen LogP contribution in [0.2, 0.25) is 0 Å². The average Bonchev–Trinajstić information content (AvgIpc) is 3.00. The Hall–Kier alpha value is -3.14. The fourth-order valence-electron chi connectivity index (χ4n) is 4.47. The highest BCUT2D eigenvalue weighted by Crippen LogP contribution is 2.35. The van der Waals surface area contributed by atoms with E-state index in [2.05, 4.69) is 52.6 Å². The van der Waals surface area contributed by atoms with Gasteiger partial charge in [0, 0.05) is 36.9 Å². The first-order valence-corrected chi connectivity index (χ1v) is 10.1. The lowest BCUT2D eigenvalue weighted by atomic mass is 9.99. The molecule has 5 rings (SSSR count). The summed E-state index contributed by atoms with van der Waals surface area (Å²) in [5.41, 5.74) is 8.82. The fraction of sp³-hybridized carbons (Fsp3) is 0.240. The molecule has 0 atom stereocenters. The van der Waals surface area contributed by atoms with Crippen LogP contribution in [0.3, 0.4) is 0 Å². The van der Waals surface area contributed by atoms with E-state index in [9.17, 15) is 4.39 Å². The number of hydrogen-bond donors (Lipinski definition) is 0. The van der Waals surface area contributed by atoms with Crippen LogP contribution in [-0.4, -0.2) is 16.1 Å². The van der Waals surface area contributed by atoms with Crippen molar-refractivity contribution < 1.29 is 4.39 Å². The van der Waals surface area contributed by atoms with E-state index in [1.165, 1.54) is 51.1 Å². The van der Waals surface area contributed by atoms with Crippen molar-refractivity contribution in [1.29, 1.82) is 0 Å². The molecule has 0 spiro atoms. The average molecular weight is 385 g/mol. The second kappa shape index (κ2) is 7.03. The summed E-state index contributed by atoms with van der Waals surface area (Å²) in [5, 5.41) is 1.20. The Kier molecular flexibility index (Phi) is 4.35. The molecule has 0 fully saturated rings. The highest BCUT2D eigenvalue weighted by atomic mass is 19.1. The van der Waals surface area contributed by atoms with Crippen molar-refractivity contribution in [2.45, 2.75) is 33.4 Å². The van der Waals surface area contributed by atoms with E-state index in [0.29, 0.717) is 0 Å². The molecule has 0 bridgehead atoms. The molecule has 29 heavy (non-hydrogen) atoms. The summed E-state index contributed by atoms with van der Waals surface area (Å²) in [6.45, 7) is 6.93. The number of halogens is 1. The van der Waals surface area contributed by atoms with Gasteiger partial charge in [-0.2, -0.15) is 0 Å². The smallest absolute Gasteiger partial charge is 0.123 e. The van der Waals surface area contributed by atoms with Crippen LogP contribution in [0.15, 0.2) is 60.9 Å². The summed E-state index contributed by atoms with van der Waals surface area (Å²) in [6, 6.07) is 15.5. The van der Waals surface area contributed by atoms with Gasteiger partial charge in [0.15, 0.2) is 0 Å². The van der Waals surface area contributed by atoms with Crippen LogP contribution in [0.1, 0.15) is 27.9 Å². The van der Waals surface area contributed by atoms with Crippen molar-refractivity contribution in [2.75, 3.05) is 11.4 Å². The van der Waals surface area contributed by atoms with Gasteiger partial charge in [-0.1, -0.05) is 36.4 Å². The second-order valence-electron chi connectivity index (χ2n) is 7.92. The standard InChI is InChI=1S/C25H24FN3/c1-17-18(2)29(15-19-7-9-22(26)10-8-19)25-23(17)13-27-14-24(25)28-12-11-20-5-3-4-6-21(20)16-28/h3-10,13-14H,11-12,15-16H2,1-2H3. The van der Waals surface area contributed by atoms with Gasteiger partial charge in [0.05, 0.1) is 17.4 Å². The second-order valence-corrected chi connectivity index (χ2v) is 7.92. The molecule has 3 nitrogen and oxygen atoms in total. The fourth-order valence-corrected chi connectivity index (χ4v) is 4.47. The molecule has 0 saturated heterocycles. The largest absolute Gasteiger partial charge is 0.364 e. The van der Waals surface area contributed by atoms with Crippen LogP contribution in [0.4, 0.5) is 10.1 Å². The number of aryl methyl sites for hydroxylation is 1. The van der Waals surface area contributed by atoms with Crippen LogP contribution >= 0.6 is 0 Å². The predicted molar refractivity (Wildman–Crippen MR) is 116 cm³/mol. The third kappa shape index (κ3) is 3.09. The summed E-state index contributed by atoms with van der Waals surface area (Å²) >= 11 is 0. The van der Waals surface area contributed by atoms with E-state index in [1.54, 1.807) is 0 Å². The predicted octanol–water partition coefficient (Wildman–Crippen LogP) is 5.40. The maximum absolute atomic E-state index is 13.4. The molecule has 1 aliphatic heterocycles. The number of rotatable bonds is 3. The number of anilines is 1. The highest BCUT2D eigenvalue weighted by Gasteiger charge is 2.22. The van der Waals surface area contributed by atoms with E-state index in [4.69, 9.17) is 0 Å². The van der Waals surface area contributed by atoms with Crippen molar-refractivity contribution in [3.8, 4) is 0 Å². The summed E-state index contributed by atoms with van der Waals surface area (Å²) in [7, 11) is 0. The Bertz CT molecular complexity index is 1190. The Labute approximate surface area is 170 Å². The Morgan fingerprint density at radius 3 is 2.52 bits per heavy atom. The lowest BCUT2D eigenvalue weighted by molar-refractivity contribution is 0.626. The van der Waals surface area contributed by atoms with Crippen molar-refractivity contribution in [1.82, 2.24) is 9.55 Å². The van der Waals surface area contributed by atoms with Crippen molar-refractivity contribution >= 4 is 16.6 Å². The van der Waals surface area contributed by atoms with Gasteiger partial charge in [-0.05, 0) is 54.7 Å². The molecule has 0 radical (unpaired) electrons. The van der Waals surface area contributed by atoms with Crippen LogP contribution in [0, 0.1) is 19.7 Å². The number of hydrogen-bond acceptors (Lipinski definition) is 2. The topological polar surface area (TPSA) is 21.1 Å². The minimum Gasteiger partial charge on any atom is -0.364 e. The summed E-state index contributed by atoms with van der Waals surface area (Å²) in [4.78, 5) is 7.02. The molecular weight excluding hydrogens is 361 g/mol. The molecule has 0 unspecified atom stereocenters. The van der Waals surface area contributed by atoms with Gasteiger partial charge < -0.3 is 9.47 Å². The molecule has 0 amide bonds. The van der Waals surface area contributed by atoms with Crippen LogP contribution in [0.5, 0.6) is 0 Å². The van der Waals surface area contributed by atoms with Gasteiger partial charge in [-0.15, -0.1) is 0 Å². The SMILES string of the molecule is Cc1c(C)n(Cc2ccc(F)cc2)c2c(N3CCc4ccccc4C3)cncc12. The third-order valence-electron chi connectivity index (χ3n) is 6.24. The van der Waals surface area contributed by atoms with E-state index >= 15 is 0 Å². The molecular formula is C25H24FN3. The van der Waals surface area contributed by atoms with E-state index in [0.717, 1.165) is 31.6 Å². The van der Waals surface area contributed by atoms with Crippen molar-refractivity contribution in [2.24, 2.45) is 0 Å². The van der Waals surface area contributed by atoms with E-state index in [1.807, 2.05) is 24.5 Å². The van der Waals surface area contributed by atoms with E-state index < -0.39 is 0 Å². The molecule has 4 heteroatoms. The molecule has 146 valence electrons. The van der Waals surface area contributed by atoms with E-state index in [-0.39, 0.29) is 5.82 Å². The number of fused-ring (bicyclic) bond motifs is 2. The number of nitrogens with zero attached hydrogens (tertiary/aromatic N) is 3. The Balaban J connectivity index is 1.61. The monoisotopic (exact) mass is 385 g/mol. The number of benzene rings is 2. The molecule has 1 aliphatic rings. The van der Waals surface area contributed by atoms with Crippen molar-refractivity contribution in [3.63, 3.8) is 0 Å². The first-order chi connectivity index (χ1) is 14.1. The number of pyridine rings is 1. The minimum absolute atomic E-state index is 0.198. The molecule has 2 aromatic carbocycles. The summed E-state index contributed by atoms with van der Waals surface area (Å²) in [5.74, 6) is -0.198. The van der Waals surface area contributed by atoms with Crippen LogP contribution < -0.4 is 4.90 Å². The zero-order valence-corrected chi connectivity index (χ0v) is 16.8. The third-order valence-corrected chi connectivity index (χ3v) is 6.24. The van der Waals surface area contributed by atoms with Gasteiger partial charge in [-0.25, -0.2) is 4.39 Å². The quantitative estimate of drug-likeness (QED) is 0.471. The van der Waals surface area contributed by atoms with Gasteiger partial charge >= 0.3 is 0 Å². The Morgan fingerprint density at radius 2 is 1.72 bits per heavy atom. The molecule has 0 N–H and O–H groups in total. The highest BCUT2D eigenvalue weighted by molar-refractivity contribution is 5.94. The Morgan fingerprint density at radius 1 is 0.966 bits per heavy atom. The minimum atomic E-state index is -0.198. The van der Waals surface area contributed by atoms with Gasteiger partial charge in [0.25, 0.3) is 0 Å². The summed E-state index contributed by atoms with van der Waals surface area (Å²) < 4.78 is 15.7. The zero-order valence-electron chi connectivity index (χ0n) is 16.8. The first kappa shape index (κ1) is 17.9. The molecule has 0 saturated carbocycles. The zero-order chi connectivity index (χ0) is 20.0. The van der Waals surface area contributed by atoms with Crippen molar-refractivity contribution in [3.05, 3.63) is 94.7 Å².